The highest BCUT2D eigenvalue weighted by Gasteiger charge is 2.34. The van der Waals surface area contributed by atoms with E-state index in [1.165, 1.54) is 17.9 Å². The SMILES string of the molecule is COC(=O)c1nn(C)cc1NC(=O)c1cc(C(F)(F)F)[nH]n1. The molecule has 2 N–H and O–H groups in total. The molecule has 0 aliphatic rings. The quantitative estimate of drug-likeness (QED) is 0.828. The topological polar surface area (TPSA) is 102 Å². The number of aryl methyl sites for hydroxylation is 1. The third-order valence-corrected chi connectivity index (χ3v) is 2.57. The molecule has 0 bridgehead atoms. The Labute approximate surface area is 121 Å². The maximum absolute atomic E-state index is 12.4. The van der Waals surface area contributed by atoms with Crippen LogP contribution in [0.25, 0.3) is 0 Å². The molecule has 118 valence electrons. The van der Waals surface area contributed by atoms with E-state index in [-0.39, 0.29) is 11.4 Å². The van der Waals surface area contributed by atoms with Gasteiger partial charge in [-0.15, -0.1) is 0 Å². The Morgan fingerprint density at radius 2 is 2.09 bits per heavy atom. The molecule has 1 amide bonds. The number of rotatable bonds is 3. The summed E-state index contributed by atoms with van der Waals surface area (Å²) in [5.41, 5.74) is -1.81. The third-order valence-electron chi connectivity index (χ3n) is 2.57. The Morgan fingerprint density at radius 1 is 1.41 bits per heavy atom. The summed E-state index contributed by atoms with van der Waals surface area (Å²) in [5, 5.41) is 11.0. The summed E-state index contributed by atoms with van der Waals surface area (Å²) in [6, 6.07) is 0.559. The van der Waals surface area contributed by atoms with Crippen LogP contribution in [0.15, 0.2) is 12.3 Å². The number of alkyl halides is 3. The molecule has 0 aromatic carbocycles. The van der Waals surface area contributed by atoms with E-state index in [1.807, 2.05) is 0 Å². The molecular formula is C11H10F3N5O3. The van der Waals surface area contributed by atoms with Gasteiger partial charge in [0.25, 0.3) is 5.91 Å². The first-order valence-electron chi connectivity index (χ1n) is 5.78. The van der Waals surface area contributed by atoms with Crippen molar-refractivity contribution in [2.45, 2.75) is 6.18 Å². The molecule has 0 aliphatic carbocycles. The number of amides is 1. The number of carbonyl (C=O) groups is 2. The molecule has 0 saturated heterocycles. The second-order valence-electron chi connectivity index (χ2n) is 4.18. The Hall–Kier alpha value is -2.85. The number of ether oxygens (including phenoxy) is 1. The normalized spacial score (nSPS) is 11.3. The van der Waals surface area contributed by atoms with Crippen LogP contribution in [-0.4, -0.2) is 39.0 Å². The first kappa shape index (κ1) is 15.5. The Bertz CT molecular complexity index is 719. The molecule has 2 heterocycles. The number of aromatic amines is 1. The average molecular weight is 317 g/mol. The van der Waals surface area contributed by atoms with Gasteiger partial charge in [0, 0.05) is 19.3 Å². The first-order valence-corrected chi connectivity index (χ1v) is 5.78. The maximum Gasteiger partial charge on any atom is 0.432 e. The van der Waals surface area contributed by atoms with E-state index in [2.05, 4.69) is 20.3 Å². The molecule has 11 heteroatoms. The monoisotopic (exact) mass is 317 g/mol. The van der Waals surface area contributed by atoms with Crippen LogP contribution in [-0.2, 0) is 18.0 Å². The highest BCUT2D eigenvalue weighted by molar-refractivity contribution is 6.06. The van der Waals surface area contributed by atoms with E-state index in [1.54, 1.807) is 5.10 Å². The van der Waals surface area contributed by atoms with E-state index in [4.69, 9.17) is 0 Å². The summed E-state index contributed by atoms with van der Waals surface area (Å²) in [6.45, 7) is 0. The zero-order valence-electron chi connectivity index (χ0n) is 11.4. The van der Waals surface area contributed by atoms with E-state index in [0.717, 1.165) is 7.11 Å². The van der Waals surface area contributed by atoms with Gasteiger partial charge in [0.2, 0.25) is 0 Å². The molecule has 8 nitrogen and oxygen atoms in total. The molecule has 0 radical (unpaired) electrons. The maximum atomic E-state index is 12.4. The number of esters is 1. The predicted octanol–water partition coefficient (Wildman–Crippen LogP) is 1.20. The molecule has 22 heavy (non-hydrogen) atoms. The van der Waals surface area contributed by atoms with Crippen LogP contribution in [0.2, 0.25) is 0 Å². The first-order chi connectivity index (χ1) is 10.2. The van der Waals surface area contributed by atoms with Crippen LogP contribution in [0.1, 0.15) is 26.7 Å². The smallest absolute Gasteiger partial charge is 0.432 e. The van der Waals surface area contributed by atoms with Crippen molar-refractivity contribution in [3.05, 3.63) is 29.3 Å². The van der Waals surface area contributed by atoms with Crippen LogP contribution in [0.4, 0.5) is 18.9 Å². The van der Waals surface area contributed by atoms with E-state index < -0.39 is 29.4 Å². The zero-order valence-corrected chi connectivity index (χ0v) is 11.4. The molecule has 0 fully saturated rings. The predicted molar refractivity (Wildman–Crippen MR) is 66.1 cm³/mol. The van der Waals surface area contributed by atoms with Crippen LogP contribution in [0, 0.1) is 0 Å². The van der Waals surface area contributed by atoms with Crippen molar-refractivity contribution >= 4 is 17.6 Å². The van der Waals surface area contributed by atoms with Crippen molar-refractivity contribution in [1.29, 1.82) is 0 Å². The molecule has 0 spiro atoms. The van der Waals surface area contributed by atoms with Gasteiger partial charge in [0.05, 0.1) is 12.8 Å². The van der Waals surface area contributed by atoms with Crippen molar-refractivity contribution in [3.8, 4) is 0 Å². The molecule has 0 unspecified atom stereocenters. The van der Waals surface area contributed by atoms with Crippen LogP contribution in [0.3, 0.4) is 0 Å². The minimum absolute atomic E-state index is 0.00379. The van der Waals surface area contributed by atoms with Gasteiger partial charge >= 0.3 is 12.1 Å². The Morgan fingerprint density at radius 3 is 2.64 bits per heavy atom. The van der Waals surface area contributed by atoms with Crippen LogP contribution >= 0.6 is 0 Å². The van der Waals surface area contributed by atoms with Crippen molar-refractivity contribution in [2.75, 3.05) is 12.4 Å². The van der Waals surface area contributed by atoms with Gasteiger partial charge in [0.1, 0.15) is 5.69 Å². The standard InChI is InChI=1S/C11H10F3N5O3/c1-19-4-6(8(18-19)10(21)22-2)15-9(20)5-3-7(17-16-5)11(12,13)14/h3-4H,1-2H3,(H,15,20)(H,16,17). The molecular weight excluding hydrogens is 307 g/mol. The van der Waals surface area contributed by atoms with Crippen molar-refractivity contribution in [2.24, 2.45) is 7.05 Å². The van der Waals surface area contributed by atoms with Gasteiger partial charge in [-0.2, -0.15) is 23.4 Å². The van der Waals surface area contributed by atoms with Crippen molar-refractivity contribution in [1.82, 2.24) is 20.0 Å². The average Bonchev–Trinajstić information content (AvgIpc) is 3.04. The number of carbonyl (C=O) groups excluding carboxylic acids is 2. The molecule has 2 aromatic heterocycles. The fraction of sp³-hybridized carbons (Fsp3) is 0.273. The lowest BCUT2D eigenvalue weighted by molar-refractivity contribution is -0.141. The molecule has 0 aliphatic heterocycles. The highest BCUT2D eigenvalue weighted by atomic mass is 19.4. The van der Waals surface area contributed by atoms with E-state index in [9.17, 15) is 22.8 Å². The van der Waals surface area contributed by atoms with Gasteiger partial charge < -0.3 is 10.1 Å². The van der Waals surface area contributed by atoms with Crippen LogP contribution in [0.5, 0.6) is 0 Å². The largest absolute Gasteiger partial charge is 0.464 e. The molecule has 2 aromatic rings. The van der Waals surface area contributed by atoms with E-state index in [0.29, 0.717) is 6.07 Å². The fourth-order valence-corrected chi connectivity index (χ4v) is 1.60. The van der Waals surface area contributed by atoms with Gasteiger partial charge in [-0.1, -0.05) is 0 Å². The molecule has 0 atom stereocenters. The lowest BCUT2D eigenvalue weighted by Crippen LogP contribution is -2.15. The van der Waals surface area contributed by atoms with Gasteiger partial charge in [-0.3, -0.25) is 14.6 Å². The minimum atomic E-state index is -4.64. The number of aromatic nitrogens is 4. The Balaban J connectivity index is 2.23. The van der Waals surface area contributed by atoms with Gasteiger partial charge in [-0.25, -0.2) is 4.79 Å². The zero-order chi connectivity index (χ0) is 16.5. The Kier molecular flexibility index (Phi) is 3.89. The number of H-pyrrole nitrogens is 1. The second-order valence-corrected chi connectivity index (χ2v) is 4.18. The number of hydrogen-bond donors (Lipinski definition) is 2. The summed E-state index contributed by atoms with van der Waals surface area (Å²) in [5.74, 6) is -1.72. The number of nitrogens with zero attached hydrogens (tertiary/aromatic N) is 3. The summed E-state index contributed by atoms with van der Waals surface area (Å²) < 4.78 is 43.0. The minimum Gasteiger partial charge on any atom is -0.464 e. The summed E-state index contributed by atoms with van der Waals surface area (Å²) in [6.07, 6.45) is -3.33. The van der Waals surface area contributed by atoms with Crippen LogP contribution < -0.4 is 5.32 Å². The van der Waals surface area contributed by atoms with E-state index >= 15 is 0 Å². The summed E-state index contributed by atoms with van der Waals surface area (Å²) >= 11 is 0. The number of nitrogens with one attached hydrogen (secondary N) is 2. The lowest BCUT2D eigenvalue weighted by atomic mass is 10.3. The van der Waals surface area contributed by atoms with Crippen molar-refractivity contribution < 1.29 is 27.5 Å². The summed E-state index contributed by atoms with van der Waals surface area (Å²) in [4.78, 5) is 23.4. The van der Waals surface area contributed by atoms with Gasteiger partial charge in [0.15, 0.2) is 11.4 Å². The third kappa shape index (κ3) is 3.07. The summed E-state index contributed by atoms with van der Waals surface area (Å²) in [7, 11) is 2.63. The number of methoxy groups -OCH3 is 1. The fourth-order valence-electron chi connectivity index (χ4n) is 1.60. The van der Waals surface area contributed by atoms with Gasteiger partial charge in [-0.05, 0) is 0 Å². The molecule has 2 rings (SSSR count). The lowest BCUT2D eigenvalue weighted by Gasteiger charge is -2.02. The highest BCUT2D eigenvalue weighted by Crippen LogP contribution is 2.27. The number of anilines is 1. The second kappa shape index (κ2) is 5.50. The number of halogens is 3. The number of hydrogen-bond acceptors (Lipinski definition) is 5. The molecule has 0 saturated carbocycles. The van der Waals surface area contributed by atoms with Crippen molar-refractivity contribution in [3.63, 3.8) is 0 Å².